The van der Waals surface area contributed by atoms with Gasteiger partial charge in [0.25, 0.3) is 5.91 Å². The molecule has 1 amide bonds. The number of carbonyl (C=O) groups excluding carboxylic acids is 1. The SMILES string of the molecule is O=C(c1ccc2nccnc2c1)N(Cc1ccccn1)c1nc2ccc(Br)cc2s1. The van der Waals surface area contributed by atoms with Gasteiger partial charge in [-0.25, -0.2) is 4.98 Å². The van der Waals surface area contributed by atoms with E-state index in [1.54, 1.807) is 35.6 Å². The summed E-state index contributed by atoms with van der Waals surface area (Å²) in [6, 6.07) is 16.9. The summed E-state index contributed by atoms with van der Waals surface area (Å²) in [6.45, 7) is 0.319. The third-order valence-corrected chi connectivity index (χ3v) is 6.11. The molecule has 3 aromatic heterocycles. The minimum Gasteiger partial charge on any atom is -0.278 e. The maximum absolute atomic E-state index is 13.5. The summed E-state index contributed by atoms with van der Waals surface area (Å²) in [5.74, 6) is -0.161. The molecule has 0 aliphatic carbocycles. The van der Waals surface area contributed by atoms with Gasteiger partial charge in [-0.15, -0.1) is 0 Å². The zero-order chi connectivity index (χ0) is 20.5. The molecule has 0 aliphatic rings. The van der Waals surface area contributed by atoms with Gasteiger partial charge in [-0.05, 0) is 48.5 Å². The second kappa shape index (κ2) is 7.89. The van der Waals surface area contributed by atoms with Gasteiger partial charge in [-0.1, -0.05) is 33.3 Å². The first-order valence-electron chi connectivity index (χ1n) is 9.16. The minimum atomic E-state index is -0.161. The van der Waals surface area contributed by atoms with E-state index in [4.69, 9.17) is 4.98 Å². The summed E-state index contributed by atoms with van der Waals surface area (Å²) in [7, 11) is 0. The molecule has 0 radical (unpaired) electrons. The van der Waals surface area contributed by atoms with E-state index in [9.17, 15) is 4.79 Å². The molecule has 0 saturated carbocycles. The van der Waals surface area contributed by atoms with Crippen molar-refractivity contribution in [3.8, 4) is 0 Å². The highest BCUT2D eigenvalue weighted by Gasteiger charge is 2.23. The molecule has 0 fully saturated rings. The van der Waals surface area contributed by atoms with Gasteiger partial charge in [0, 0.05) is 28.6 Å². The number of halogens is 1. The number of hydrogen-bond acceptors (Lipinski definition) is 6. The van der Waals surface area contributed by atoms with Crippen LogP contribution >= 0.6 is 27.3 Å². The molecule has 3 heterocycles. The predicted octanol–water partition coefficient (Wildman–Crippen LogP) is 5.24. The highest BCUT2D eigenvalue weighted by molar-refractivity contribution is 9.10. The predicted molar refractivity (Wildman–Crippen MR) is 122 cm³/mol. The van der Waals surface area contributed by atoms with Gasteiger partial charge < -0.3 is 0 Å². The summed E-state index contributed by atoms with van der Waals surface area (Å²) in [5.41, 5.74) is 3.58. The topological polar surface area (TPSA) is 71.9 Å². The molecular formula is C22H14BrN5OS. The number of amides is 1. The van der Waals surface area contributed by atoms with Crippen molar-refractivity contribution in [1.82, 2.24) is 19.9 Å². The van der Waals surface area contributed by atoms with E-state index in [2.05, 4.69) is 30.9 Å². The smallest absolute Gasteiger partial charge is 0.260 e. The Hall–Kier alpha value is -3.23. The Labute approximate surface area is 184 Å². The molecule has 5 aromatic rings. The van der Waals surface area contributed by atoms with Gasteiger partial charge >= 0.3 is 0 Å². The second-order valence-electron chi connectivity index (χ2n) is 6.58. The number of aromatic nitrogens is 4. The lowest BCUT2D eigenvalue weighted by Crippen LogP contribution is -2.30. The first kappa shape index (κ1) is 18.8. The van der Waals surface area contributed by atoms with Crippen LogP contribution in [-0.2, 0) is 6.54 Å². The van der Waals surface area contributed by atoms with Crippen LogP contribution in [0.2, 0.25) is 0 Å². The van der Waals surface area contributed by atoms with Gasteiger partial charge in [-0.3, -0.25) is 24.6 Å². The lowest BCUT2D eigenvalue weighted by molar-refractivity contribution is 0.0985. The number of carbonyl (C=O) groups is 1. The Morgan fingerprint density at radius 2 is 1.73 bits per heavy atom. The molecule has 0 saturated heterocycles. The Kier molecular flexibility index (Phi) is 4.94. The van der Waals surface area contributed by atoms with E-state index in [-0.39, 0.29) is 5.91 Å². The Morgan fingerprint density at radius 3 is 2.57 bits per heavy atom. The van der Waals surface area contributed by atoms with Crippen LogP contribution in [0, 0.1) is 0 Å². The number of anilines is 1. The van der Waals surface area contributed by atoms with E-state index < -0.39 is 0 Å². The first-order valence-corrected chi connectivity index (χ1v) is 10.8. The van der Waals surface area contributed by atoms with E-state index in [1.165, 1.54) is 11.3 Å². The van der Waals surface area contributed by atoms with Gasteiger partial charge in [0.1, 0.15) is 0 Å². The third-order valence-electron chi connectivity index (χ3n) is 4.58. The normalized spacial score (nSPS) is 11.1. The van der Waals surface area contributed by atoms with Crippen LogP contribution < -0.4 is 4.90 Å². The van der Waals surface area contributed by atoms with Crippen LogP contribution in [0.25, 0.3) is 21.3 Å². The van der Waals surface area contributed by atoms with Crippen molar-refractivity contribution >= 4 is 59.6 Å². The van der Waals surface area contributed by atoms with E-state index >= 15 is 0 Å². The number of thiazole rings is 1. The molecule has 30 heavy (non-hydrogen) atoms. The molecule has 0 spiro atoms. The third kappa shape index (κ3) is 3.67. The van der Waals surface area contributed by atoms with Gasteiger partial charge in [-0.2, -0.15) is 0 Å². The summed E-state index contributed by atoms with van der Waals surface area (Å²) >= 11 is 4.97. The highest BCUT2D eigenvalue weighted by atomic mass is 79.9. The van der Waals surface area contributed by atoms with Crippen LogP contribution in [0.15, 0.2) is 77.7 Å². The first-order chi connectivity index (χ1) is 14.7. The lowest BCUT2D eigenvalue weighted by Gasteiger charge is -2.19. The standard InChI is InChI=1S/C22H14BrN5OS/c23-15-5-7-18-20(12-15)30-22(27-18)28(13-16-3-1-2-8-24-16)21(29)14-4-6-17-19(11-14)26-10-9-25-17/h1-12H,13H2. The van der Waals surface area contributed by atoms with Crippen molar-refractivity contribution in [2.24, 2.45) is 0 Å². The number of hydrogen-bond donors (Lipinski definition) is 0. The molecule has 0 atom stereocenters. The number of rotatable bonds is 4. The molecule has 0 unspecified atom stereocenters. The molecule has 5 rings (SSSR count). The number of pyridine rings is 1. The average molecular weight is 476 g/mol. The number of fused-ring (bicyclic) bond motifs is 2. The van der Waals surface area contributed by atoms with Crippen LogP contribution in [0.1, 0.15) is 16.1 Å². The largest absolute Gasteiger partial charge is 0.278 e. The highest BCUT2D eigenvalue weighted by Crippen LogP contribution is 2.32. The van der Waals surface area contributed by atoms with Crippen LogP contribution in [-0.4, -0.2) is 25.8 Å². The molecule has 8 heteroatoms. The fraction of sp³-hybridized carbons (Fsp3) is 0.0455. The van der Waals surface area contributed by atoms with Crippen LogP contribution in [0.4, 0.5) is 5.13 Å². The Bertz CT molecular complexity index is 1370. The van der Waals surface area contributed by atoms with Crippen molar-refractivity contribution in [2.45, 2.75) is 6.54 Å². The van der Waals surface area contributed by atoms with E-state index in [0.29, 0.717) is 22.8 Å². The van der Waals surface area contributed by atoms with Crippen molar-refractivity contribution in [1.29, 1.82) is 0 Å². The van der Waals surface area contributed by atoms with Crippen molar-refractivity contribution in [3.63, 3.8) is 0 Å². The second-order valence-corrected chi connectivity index (χ2v) is 8.51. The van der Waals surface area contributed by atoms with Crippen molar-refractivity contribution in [2.75, 3.05) is 4.90 Å². The summed E-state index contributed by atoms with van der Waals surface area (Å²) in [6.07, 6.45) is 4.98. The Morgan fingerprint density at radius 1 is 0.900 bits per heavy atom. The number of benzene rings is 2. The van der Waals surface area contributed by atoms with Crippen molar-refractivity contribution in [3.05, 3.63) is 88.9 Å². The minimum absolute atomic E-state index is 0.161. The summed E-state index contributed by atoms with van der Waals surface area (Å²) in [5, 5.41) is 0.623. The molecule has 0 aliphatic heterocycles. The average Bonchev–Trinajstić information content (AvgIpc) is 3.20. The monoisotopic (exact) mass is 475 g/mol. The zero-order valence-electron chi connectivity index (χ0n) is 15.6. The molecule has 2 aromatic carbocycles. The fourth-order valence-corrected chi connectivity index (χ4v) is 4.65. The maximum Gasteiger partial charge on any atom is 0.260 e. The lowest BCUT2D eigenvalue weighted by atomic mass is 10.1. The fourth-order valence-electron chi connectivity index (χ4n) is 3.13. The van der Waals surface area contributed by atoms with Crippen LogP contribution in [0.3, 0.4) is 0 Å². The van der Waals surface area contributed by atoms with E-state index in [1.807, 2.05) is 42.5 Å². The Balaban J connectivity index is 1.59. The van der Waals surface area contributed by atoms with Gasteiger partial charge in [0.2, 0.25) is 0 Å². The molecule has 146 valence electrons. The van der Waals surface area contributed by atoms with Gasteiger partial charge in [0.15, 0.2) is 5.13 Å². The molecule has 0 bridgehead atoms. The summed E-state index contributed by atoms with van der Waals surface area (Å²) < 4.78 is 1.98. The maximum atomic E-state index is 13.5. The molecule has 0 N–H and O–H groups in total. The molecular weight excluding hydrogens is 462 g/mol. The molecule has 6 nitrogen and oxygen atoms in total. The van der Waals surface area contributed by atoms with Crippen molar-refractivity contribution < 1.29 is 4.79 Å². The van der Waals surface area contributed by atoms with Gasteiger partial charge in [0.05, 0.1) is 33.5 Å². The van der Waals surface area contributed by atoms with Crippen LogP contribution in [0.5, 0.6) is 0 Å². The summed E-state index contributed by atoms with van der Waals surface area (Å²) in [4.78, 5) is 32.9. The van der Waals surface area contributed by atoms with E-state index in [0.717, 1.165) is 25.9 Å². The zero-order valence-corrected chi connectivity index (χ0v) is 18.0. The number of nitrogens with zero attached hydrogens (tertiary/aromatic N) is 5. The quantitative estimate of drug-likeness (QED) is 0.355.